The Balaban J connectivity index is 2.36. The van der Waals surface area contributed by atoms with Crippen molar-refractivity contribution in [3.05, 3.63) is 88.0 Å². The molecule has 0 saturated carbocycles. The first kappa shape index (κ1) is 28.6. The van der Waals surface area contributed by atoms with Gasteiger partial charge in [-0.05, 0) is 114 Å². The van der Waals surface area contributed by atoms with Crippen molar-refractivity contribution < 1.29 is 0 Å². The molecule has 0 aromatic heterocycles. The van der Waals surface area contributed by atoms with Crippen molar-refractivity contribution in [1.29, 1.82) is 0 Å². The van der Waals surface area contributed by atoms with Crippen LogP contribution in [0.5, 0.6) is 0 Å². The Morgan fingerprint density at radius 1 is 0.432 bits per heavy atom. The van der Waals surface area contributed by atoms with Gasteiger partial charge in [0.1, 0.15) is 0 Å². The summed E-state index contributed by atoms with van der Waals surface area (Å²) >= 11 is 0. The van der Waals surface area contributed by atoms with Crippen molar-refractivity contribution in [2.45, 2.75) is 68.2 Å². The number of hydrogen-bond acceptors (Lipinski definition) is 3. The highest BCUT2D eigenvalue weighted by Gasteiger charge is 2.26. The lowest BCUT2D eigenvalue weighted by molar-refractivity contribution is 0.841. The predicted molar refractivity (Wildman–Crippen MR) is 165 cm³/mol. The zero-order valence-electron chi connectivity index (χ0n) is 24.9. The molecule has 3 heteroatoms. The lowest BCUT2D eigenvalue weighted by Crippen LogP contribution is -2.25. The fraction of sp³-hybridized carbons (Fsp3) is 0.471. The fourth-order valence-corrected chi connectivity index (χ4v) is 6.08. The maximum atomic E-state index is 2.48. The van der Waals surface area contributed by atoms with Crippen LogP contribution in [0.25, 0.3) is 0 Å². The van der Waals surface area contributed by atoms with Crippen LogP contribution < -0.4 is 14.7 Å². The van der Waals surface area contributed by atoms with Crippen LogP contribution >= 0.6 is 0 Å². The lowest BCUT2D eigenvalue weighted by atomic mass is 9.78. The minimum absolute atomic E-state index is 0.168. The van der Waals surface area contributed by atoms with E-state index in [0.717, 1.165) is 39.3 Å². The SMILES string of the molecule is CCN(CC)c1cccc(C(c2cccc(N(CC)CC)c2C)c2cccc(N(CC)CC)c2C)c1C. The van der Waals surface area contributed by atoms with Crippen molar-refractivity contribution in [2.75, 3.05) is 54.0 Å². The molecule has 0 atom stereocenters. The van der Waals surface area contributed by atoms with Gasteiger partial charge in [-0.3, -0.25) is 0 Å². The van der Waals surface area contributed by atoms with Gasteiger partial charge in [0, 0.05) is 62.2 Å². The van der Waals surface area contributed by atoms with Crippen LogP contribution in [0.15, 0.2) is 54.6 Å². The number of hydrogen-bond donors (Lipinski definition) is 0. The molecule has 3 aromatic rings. The largest absolute Gasteiger partial charge is 0.372 e. The normalized spacial score (nSPS) is 11.2. The second-order valence-electron chi connectivity index (χ2n) is 9.92. The van der Waals surface area contributed by atoms with Crippen molar-refractivity contribution >= 4 is 17.1 Å². The van der Waals surface area contributed by atoms with E-state index in [-0.39, 0.29) is 5.92 Å². The van der Waals surface area contributed by atoms with Gasteiger partial charge in [0.25, 0.3) is 0 Å². The van der Waals surface area contributed by atoms with Gasteiger partial charge in [-0.15, -0.1) is 0 Å². The maximum Gasteiger partial charge on any atom is 0.0398 e. The summed E-state index contributed by atoms with van der Waals surface area (Å²) in [5.41, 5.74) is 12.4. The number of benzene rings is 3. The van der Waals surface area contributed by atoms with Crippen molar-refractivity contribution in [1.82, 2.24) is 0 Å². The smallest absolute Gasteiger partial charge is 0.0398 e. The van der Waals surface area contributed by atoms with E-state index in [1.54, 1.807) is 0 Å². The van der Waals surface area contributed by atoms with E-state index in [4.69, 9.17) is 0 Å². The lowest BCUT2D eigenvalue weighted by Gasteiger charge is -2.32. The zero-order chi connectivity index (χ0) is 27.1. The summed E-state index contributed by atoms with van der Waals surface area (Å²) < 4.78 is 0. The first-order valence-corrected chi connectivity index (χ1v) is 14.4. The molecule has 3 aromatic carbocycles. The molecule has 0 N–H and O–H groups in total. The summed E-state index contributed by atoms with van der Waals surface area (Å²) in [5, 5.41) is 0. The van der Waals surface area contributed by atoms with Crippen LogP contribution in [-0.4, -0.2) is 39.3 Å². The van der Waals surface area contributed by atoms with Gasteiger partial charge >= 0.3 is 0 Å². The summed E-state index contributed by atoms with van der Waals surface area (Å²) in [6.45, 7) is 26.6. The third kappa shape index (κ3) is 5.66. The molecule has 3 nitrogen and oxygen atoms in total. The Bertz CT molecular complexity index is 1010. The minimum atomic E-state index is 0.168. The van der Waals surface area contributed by atoms with E-state index >= 15 is 0 Å². The number of anilines is 3. The van der Waals surface area contributed by atoms with Gasteiger partial charge in [-0.1, -0.05) is 36.4 Å². The third-order valence-corrected chi connectivity index (χ3v) is 8.29. The molecule has 3 rings (SSSR count). The summed E-state index contributed by atoms with van der Waals surface area (Å²) in [5.74, 6) is 0.168. The van der Waals surface area contributed by atoms with Gasteiger partial charge in [0.15, 0.2) is 0 Å². The summed E-state index contributed by atoms with van der Waals surface area (Å²) in [6, 6.07) is 20.7. The van der Waals surface area contributed by atoms with E-state index in [1.807, 2.05) is 0 Å². The van der Waals surface area contributed by atoms with Crippen molar-refractivity contribution in [2.24, 2.45) is 0 Å². The number of nitrogens with zero attached hydrogens (tertiary/aromatic N) is 3. The molecule has 0 bridgehead atoms. The van der Waals surface area contributed by atoms with Gasteiger partial charge in [0.05, 0.1) is 0 Å². The Labute approximate surface area is 227 Å². The zero-order valence-corrected chi connectivity index (χ0v) is 24.9. The highest BCUT2D eigenvalue weighted by Crippen LogP contribution is 2.42. The molecule has 0 spiro atoms. The fourth-order valence-electron chi connectivity index (χ4n) is 6.08. The first-order valence-electron chi connectivity index (χ1n) is 14.4. The highest BCUT2D eigenvalue weighted by atomic mass is 15.1. The standard InChI is InChI=1S/C34H49N3/c1-10-35(11-2)31-22-16-19-28(25(31)7)34(29-20-17-23-32(26(29)8)36(12-3)13-4)30-21-18-24-33(27(30)9)37(14-5)15-6/h16-24,34H,10-15H2,1-9H3. The average Bonchev–Trinajstić information content (AvgIpc) is 2.91. The van der Waals surface area contributed by atoms with Gasteiger partial charge < -0.3 is 14.7 Å². The quantitative estimate of drug-likeness (QED) is 0.232. The predicted octanol–water partition coefficient (Wildman–Crippen LogP) is 8.33. The Kier molecular flexibility index (Phi) is 10.1. The molecular formula is C34H49N3. The Morgan fingerprint density at radius 2 is 0.676 bits per heavy atom. The van der Waals surface area contributed by atoms with Crippen LogP contribution in [-0.2, 0) is 0 Å². The molecule has 0 unspecified atom stereocenters. The van der Waals surface area contributed by atoms with E-state index in [1.165, 1.54) is 50.4 Å². The van der Waals surface area contributed by atoms with E-state index in [0.29, 0.717) is 0 Å². The molecule has 0 radical (unpaired) electrons. The molecule has 37 heavy (non-hydrogen) atoms. The highest BCUT2D eigenvalue weighted by molar-refractivity contribution is 5.67. The van der Waals surface area contributed by atoms with Gasteiger partial charge in [0.2, 0.25) is 0 Å². The second kappa shape index (κ2) is 13.0. The molecule has 200 valence electrons. The average molecular weight is 500 g/mol. The molecule has 0 aliphatic rings. The monoisotopic (exact) mass is 499 g/mol. The van der Waals surface area contributed by atoms with E-state index in [2.05, 4.69) is 132 Å². The van der Waals surface area contributed by atoms with E-state index < -0.39 is 0 Å². The van der Waals surface area contributed by atoms with Crippen LogP contribution in [0, 0.1) is 20.8 Å². The van der Waals surface area contributed by atoms with Crippen molar-refractivity contribution in [3.63, 3.8) is 0 Å². The topological polar surface area (TPSA) is 9.72 Å². The molecule has 0 amide bonds. The molecule has 0 aliphatic carbocycles. The third-order valence-electron chi connectivity index (χ3n) is 8.29. The van der Waals surface area contributed by atoms with Gasteiger partial charge in [-0.2, -0.15) is 0 Å². The second-order valence-corrected chi connectivity index (χ2v) is 9.92. The molecule has 0 aliphatic heterocycles. The molecule has 0 fully saturated rings. The first-order chi connectivity index (χ1) is 17.9. The number of rotatable bonds is 12. The van der Waals surface area contributed by atoms with Gasteiger partial charge in [-0.25, -0.2) is 0 Å². The summed E-state index contributed by atoms with van der Waals surface area (Å²) in [4.78, 5) is 7.44. The molecule has 0 heterocycles. The van der Waals surface area contributed by atoms with Crippen LogP contribution in [0.2, 0.25) is 0 Å². The summed E-state index contributed by atoms with van der Waals surface area (Å²) in [6.07, 6.45) is 0. The Hall–Kier alpha value is -2.94. The molecular weight excluding hydrogens is 450 g/mol. The van der Waals surface area contributed by atoms with Crippen LogP contribution in [0.3, 0.4) is 0 Å². The van der Waals surface area contributed by atoms with Crippen LogP contribution in [0.1, 0.15) is 80.8 Å². The van der Waals surface area contributed by atoms with Crippen molar-refractivity contribution in [3.8, 4) is 0 Å². The van der Waals surface area contributed by atoms with Crippen LogP contribution in [0.4, 0.5) is 17.1 Å². The van der Waals surface area contributed by atoms with E-state index in [9.17, 15) is 0 Å². The minimum Gasteiger partial charge on any atom is -0.372 e. The molecule has 0 saturated heterocycles. The maximum absolute atomic E-state index is 2.48. The summed E-state index contributed by atoms with van der Waals surface area (Å²) in [7, 11) is 0. The Morgan fingerprint density at radius 3 is 0.892 bits per heavy atom.